The smallest absolute Gasteiger partial charge is 0.0351 e. The Morgan fingerprint density at radius 3 is 2.25 bits per heavy atom. The number of rotatable bonds is 1. The molecule has 1 unspecified atom stereocenters. The van der Waals surface area contributed by atoms with Crippen LogP contribution in [0, 0.1) is 23.2 Å². The predicted molar refractivity (Wildman–Crippen MR) is 55.1 cm³/mol. The van der Waals surface area contributed by atoms with Gasteiger partial charge in [-0.1, -0.05) is 34.6 Å². The van der Waals surface area contributed by atoms with Gasteiger partial charge in [0.1, 0.15) is 0 Å². The van der Waals surface area contributed by atoms with Crippen molar-refractivity contribution in [3.63, 3.8) is 0 Å². The van der Waals surface area contributed by atoms with E-state index < -0.39 is 0 Å². The van der Waals surface area contributed by atoms with Gasteiger partial charge in [-0.15, -0.1) is 0 Å². The summed E-state index contributed by atoms with van der Waals surface area (Å²) in [5.41, 5.74) is 0.616. The minimum Gasteiger partial charge on any atom is -0.0625 e. The predicted octanol–water partition coefficient (Wildman–Crippen LogP) is 4.10. The second kappa shape index (κ2) is 3.40. The first-order valence-electron chi connectivity index (χ1n) is 5.42. The summed E-state index contributed by atoms with van der Waals surface area (Å²) >= 11 is 0. The fraction of sp³-hybridized carbons (Fsp3) is 1.00. The van der Waals surface area contributed by atoms with Crippen molar-refractivity contribution in [2.24, 2.45) is 23.2 Å². The molecule has 12 heavy (non-hydrogen) atoms. The Balaban J connectivity index is 2.54. The monoisotopic (exact) mass is 168 g/mol. The van der Waals surface area contributed by atoms with Gasteiger partial charge in [-0.05, 0) is 42.4 Å². The van der Waals surface area contributed by atoms with Crippen molar-refractivity contribution in [3.8, 4) is 0 Å². The maximum Gasteiger partial charge on any atom is -0.0351 e. The Bertz CT molecular complexity index is 144. The van der Waals surface area contributed by atoms with Gasteiger partial charge in [0.05, 0.1) is 0 Å². The summed E-state index contributed by atoms with van der Waals surface area (Å²) in [6.45, 7) is 12.0. The van der Waals surface area contributed by atoms with E-state index in [0.717, 1.165) is 17.8 Å². The SMILES string of the molecule is CC(C)C1CCC(C)(C)C[C@@H]1C. The summed E-state index contributed by atoms with van der Waals surface area (Å²) in [5, 5.41) is 0. The molecule has 0 heterocycles. The molecule has 0 bridgehead atoms. The highest BCUT2D eigenvalue weighted by Crippen LogP contribution is 2.44. The lowest BCUT2D eigenvalue weighted by atomic mass is 9.65. The van der Waals surface area contributed by atoms with Gasteiger partial charge in [-0.3, -0.25) is 0 Å². The van der Waals surface area contributed by atoms with E-state index in [1.54, 1.807) is 0 Å². The standard InChI is InChI=1S/C12H24/c1-9(2)11-6-7-12(4,5)8-10(11)3/h9-11H,6-8H2,1-5H3/t10-,11?/m0/s1. The molecule has 1 fully saturated rings. The van der Waals surface area contributed by atoms with Crippen LogP contribution in [-0.4, -0.2) is 0 Å². The third-order valence-corrected chi connectivity index (χ3v) is 3.62. The molecule has 0 aromatic carbocycles. The first kappa shape index (κ1) is 10.1. The van der Waals surface area contributed by atoms with Crippen LogP contribution < -0.4 is 0 Å². The third-order valence-electron chi connectivity index (χ3n) is 3.62. The van der Waals surface area contributed by atoms with Crippen molar-refractivity contribution in [1.82, 2.24) is 0 Å². The molecule has 0 heteroatoms. The van der Waals surface area contributed by atoms with Crippen molar-refractivity contribution in [3.05, 3.63) is 0 Å². The molecule has 72 valence electrons. The molecule has 0 N–H and O–H groups in total. The van der Waals surface area contributed by atoms with Crippen LogP contribution in [0.3, 0.4) is 0 Å². The minimum absolute atomic E-state index is 0.616. The molecule has 0 aromatic rings. The van der Waals surface area contributed by atoms with Crippen molar-refractivity contribution < 1.29 is 0 Å². The molecule has 0 amide bonds. The van der Waals surface area contributed by atoms with Gasteiger partial charge < -0.3 is 0 Å². The summed E-state index contributed by atoms with van der Waals surface area (Å²) in [6, 6.07) is 0. The van der Waals surface area contributed by atoms with Crippen molar-refractivity contribution >= 4 is 0 Å². The Kier molecular flexibility index (Phi) is 2.85. The second-order valence-electron chi connectivity index (χ2n) is 5.79. The number of hydrogen-bond acceptors (Lipinski definition) is 0. The zero-order chi connectivity index (χ0) is 9.35. The molecule has 0 aliphatic heterocycles. The quantitative estimate of drug-likeness (QED) is 0.553. The van der Waals surface area contributed by atoms with E-state index in [2.05, 4.69) is 34.6 Å². The second-order valence-corrected chi connectivity index (χ2v) is 5.79. The van der Waals surface area contributed by atoms with E-state index in [1.807, 2.05) is 0 Å². The molecular weight excluding hydrogens is 144 g/mol. The highest BCUT2D eigenvalue weighted by atomic mass is 14.4. The summed E-state index contributed by atoms with van der Waals surface area (Å²) in [6.07, 6.45) is 4.31. The topological polar surface area (TPSA) is 0 Å². The van der Waals surface area contributed by atoms with Crippen molar-refractivity contribution in [2.45, 2.75) is 53.9 Å². The molecule has 1 aliphatic rings. The van der Waals surface area contributed by atoms with Crippen LogP contribution in [0.15, 0.2) is 0 Å². The zero-order valence-corrected chi connectivity index (χ0v) is 9.35. The zero-order valence-electron chi connectivity index (χ0n) is 9.35. The van der Waals surface area contributed by atoms with Crippen LogP contribution >= 0.6 is 0 Å². The Morgan fingerprint density at radius 2 is 1.83 bits per heavy atom. The number of hydrogen-bond donors (Lipinski definition) is 0. The summed E-state index contributed by atoms with van der Waals surface area (Å²) < 4.78 is 0. The van der Waals surface area contributed by atoms with Crippen LogP contribution in [0.4, 0.5) is 0 Å². The average molecular weight is 168 g/mol. The molecule has 2 atom stereocenters. The van der Waals surface area contributed by atoms with Crippen molar-refractivity contribution in [1.29, 1.82) is 0 Å². The Labute approximate surface area is 77.7 Å². The average Bonchev–Trinajstić information content (AvgIpc) is 1.83. The molecule has 0 spiro atoms. The maximum atomic E-state index is 2.44. The molecule has 0 nitrogen and oxygen atoms in total. The normalized spacial score (nSPS) is 35.5. The van der Waals surface area contributed by atoms with Crippen LogP contribution in [-0.2, 0) is 0 Å². The lowest BCUT2D eigenvalue weighted by Gasteiger charge is -2.41. The van der Waals surface area contributed by atoms with Gasteiger partial charge in [0.25, 0.3) is 0 Å². The minimum atomic E-state index is 0.616. The molecule has 0 saturated heterocycles. The van der Waals surface area contributed by atoms with Gasteiger partial charge in [-0.2, -0.15) is 0 Å². The first-order chi connectivity index (χ1) is 5.42. The van der Waals surface area contributed by atoms with Crippen LogP contribution in [0.1, 0.15) is 53.9 Å². The highest BCUT2D eigenvalue weighted by Gasteiger charge is 2.33. The molecule has 1 aliphatic carbocycles. The lowest BCUT2D eigenvalue weighted by molar-refractivity contribution is 0.0996. The fourth-order valence-electron chi connectivity index (χ4n) is 2.96. The largest absolute Gasteiger partial charge is 0.0625 e. The lowest BCUT2D eigenvalue weighted by Crippen LogP contribution is -2.30. The summed E-state index contributed by atoms with van der Waals surface area (Å²) in [4.78, 5) is 0. The van der Waals surface area contributed by atoms with Crippen LogP contribution in [0.5, 0.6) is 0 Å². The van der Waals surface area contributed by atoms with E-state index in [-0.39, 0.29) is 0 Å². The summed E-state index contributed by atoms with van der Waals surface area (Å²) in [7, 11) is 0. The van der Waals surface area contributed by atoms with Gasteiger partial charge >= 0.3 is 0 Å². The third kappa shape index (κ3) is 2.24. The van der Waals surface area contributed by atoms with Crippen LogP contribution in [0.25, 0.3) is 0 Å². The van der Waals surface area contributed by atoms with Crippen LogP contribution in [0.2, 0.25) is 0 Å². The highest BCUT2D eigenvalue weighted by molar-refractivity contribution is 4.83. The molecule has 0 radical (unpaired) electrons. The molecule has 1 rings (SSSR count). The first-order valence-corrected chi connectivity index (χ1v) is 5.42. The van der Waals surface area contributed by atoms with E-state index in [9.17, 15) is 0 Å². The van der Waals surface area contributed by atoms with Gasteiger partial charge in [0.2, 0.25) is 0 Å². The van der Waals surface area contributed by atoms with E-state index in [1.165, 1.54) is 19.3 Å². The molecule has 0 aromatic heterocycles. The molecular formula is C12H24. The fourth-order valence-corrected chi connectivity index (χ4v) is 2.96. The van der Waals surface area contributed by atoms with Gasteiger partial charge in [-0.25, -0.2) is 0 Å². The Morgan fingerprint density at radius 1 is 1.25 bits per heavy atom. The molecule has 1 saturated carbocycles. The van der Waals surface area contributed by atoms with Gasteiger partial charge in [0, 0.05) is 0 Å². The van der Waals surface area contributed by atoms with Gasteiger partial charge in [0.15, 0.2) is 0 Å². The summed E-state index contributed by atoms with van der Waals surface area (Å²) in [5.74, 6) is 2.81. The van der Waals surface area contributed by atoms with E-state index in [0.29, 0.717) is 5.41 Å². The Hall–Kier alpha value is 0. The van der Waals surface area contributed by atoms with E-state index >= 15 is 0 Å². The van der Waals surface area contributed by atoms with Crippen molar-refractivity contribution in [2.75, 3.05) is 0 Å². The van der Waals surface area contributed by atoms with E-state index in [4.69, 9.17) is 0 Å². The maximum absolute atomic E-state index is 2.44.